The topological polar surface area (TPSA) is 55.9 Å². The Bertz CT molecular complexity index is 572. The molecule has 2 rings (SSSR count). The molecule has 19 heavy (non-hydrogen) atoms. The van der Waals surface area contributed by atoms with E-state index in [1.54, 1.807) is 0 Å². The van der Waals surface area contributed by atoms with E-state index in [9.17, 15) is 0 Å². The Hall–Kier alpha value is -1.65. The average molecular weight is 258 g/mol. The Morgan fingerprint density at radius 1 is 1.32 bits per heavy atom. The van der Waals surface area contributed by atoms with Crippen molar-refractivity contribution in [2.24, 2.45) is 12.9 Å². The highest BCUT2D eigenvalue weighted by atomic mass is 15.3. The predicted molar refractivity (Wildman–Crippen MR) is 77.6 cm³/mol. The van der Waals surface area contributed by atoms with Crippen LogP contribution >= 0.6 is 0 Å². The third kappa shape index (κ3) is 2.85. The minimum atomic E-state index is 0.106. The van der Waals surface area contributed by atoms with Crippen molar-refractivity contribution in [3.8, 4) is 0 Å². The number of benzene rings is 1. The second kappa shape index (κ2) is 5.55. The van der Waals surface area contributed by atoms with Crippen LogP contribution in [0.5, 0.6) is 0 Å². The van der Waals surface area contributed by atoms with Crippen LogP contribution in [0.1, 0.15) is 34.1 Å². The number of hydrazine groups is 1. The molecule has 0 saturated heterocycles. The number of hydrogen-bond acceptors (Lipinski definition) is 3. The number of rotatable bonds is 4. The predicted octanol–water partition coefficient (Wildman–Crippen LogP) is 2.09. The van der Waals surface area contributed by atoms with Gasteiger partial charge >= 0.3 is 0 Å². The van der Waals surface area contributed by atoms with Crippen molar-refractivity contribution >= 4 is 0 Å². The molecule has 0 fully saturated rings. The lowest BCUT2D eigenvalue weighted by Gasteiger charge is -2.19. The van der Waals surface area contributed by atoms with Crippen LogP contribution < -0.4 is 11.3 Å². The third-order valence-electron chi connectivity index (χ3n) is 3.74. The molecule has 1 aromatic carbocycles. The van der Waals surface area contributed by atoms with Gasteiger partial charge in [0.15, 0.2) is 0 Å². The Morgan fingerprint density at radius 2 is 2.05 bits per heavy atom. The minimum Gasteiger partial charge on any atom is -0.272 e. The van der Waals surface area contributed by atoms with E-state index >= 15 is 0 Å². The zero-order valence-electron chi connectivity index (χ0n) is 12.1. The zero-order chi connectivity index (χ0) is 14.0. The number of nitrogens with two attached hydrogens (primary N) is 1. The molecule has 1 aromatic heterocycles. The van der Waals surface area contributed by atoms with Crippen molar-refractivity contribution in [1.82, 2.24) is 15.2 Å². The summed E-state index contributed by atoms with van der Waals surface area (Å²) in [4.78, 5) is 0. The summed E-state index contributed by atoms with van der Waals surface area (Å²) >= 11 is 0. The van der Waals surface area contributed by atoms with Crippen LogP contribution in [0.2, 0.25) is 0 Å². The summed E-state index contributed by atoms with van der Waals surface area (Å²) in [6, 6.07) is 8.55. The van der Waals surface area contributed by atoms with Gasteiger partial charge in [-0.25, -0.2) is 0 Å². The van der Waals surface area contributed by atoms with E-state index in [1.165, 1.54) is 22.4 Å². The molecule has 0 saturated carbocycles. The lowest BCUT2D eigenvalue weighted by atomic mass is 9.95. The molecule has 3 N–H and O–H groups in total. The molecular formula is C15H22N4. The number of nitrogens with one attached hydrogen (secondary N) is 1. The largest absolute Gasteiger partial charge is 0.272 e. The molecule has 0 radical (unpaired) electrons. The van der Waals surface area contributed by atoms with Gasteiger partial charge in [0.1, 0.15) is 0 Å². The fraction of sp³-hybridized carbons (Fsp3) is 0.400. The summed E-state index contributed by atoms with van der Waals surface area (Å²) in [5, 5.41) is 4.38. The molecule has 0 aliphatic rings. The fourth-order valence-corrected chi connectivity index (χ4v) is 2.47. The molecule has 102 valence electrons. The molecule has 1 unspecified atom stereocenters. The van der Waals surface area contributed by atoms with Gasteiger partial charge in [-0.1, -0.05) is 18.2 Å². The molecule has 4 heteroatoms. The Labute approximate surface area is 114 Å². The van der Waals surface area contributed by atoms with Crippen LogP contribution in [0.4, 0.5) is 0 Å². The highest BCUT2D eigenvalue weighted by Crippen LogP contribution is 2.23. The second-order valence-corrected chi connectivity index (χ2v) is 5.11. The number of aryl methyl sites for hydroxylation is 3. The minimum absolute atomic E-state index is 0.106. The monoisotopic (exact) mass is 258 g/mol. The van der Waals surface area contributed by atoms with Crippen LogP contribution in [0.3, 0.4) is 0 Å². The molecule has 0 aliphatic heterocycles. The van der Waals surface area contributed by atoms with Gasteiger partial charge in [-0.3, -0.25) is 16.0 Å². The van der Waals surface area contributed by atoms with E-state index in [0.29, 0.717) is 0 Å². The van der Waals surface area contributed by atoms with Gasteiger partial charge in [-0.15, -0.1) is 0 Å². The molecule has 0 spiro atoms. The van der Waals surface area contributed by atoms with E-state index in [4.69, 9.17) is 5.84 Å². The van der Waals surface area contributed by atoms with E-state index < -0.39 is 0 Å². The molecule has 1 atom stereocenters. The Balaban J connectivity index is 2.30. The van der Waals surface area contributed by atoms with E-state index in [0.717, 1.165) is 12.1 Å². The quantitative estimate of drug-likeness (QED) is 0.652. The summed E-state index contributed by atoms with van der Waals surface area (Å²) < 4.78 is 1.92. The van der Waals surface area contributed by atoms with Crippen LogP contribution in [-0.2, 0) is 13.5 Å². The standard InChI is InChI=1S/C15H22N4/c1-10-6-5-7-14(12(10)3)15(17-16)9-13-8-11(2)18-19(13)4/h5-8,15,17H,9,16H2,1-4H3. The summed E-state index contributed by atoms with van der Waals surface area (Å²) in [5.41, 5.74) is 8.99. The van der Waals surface area contributed by atoms with Crippen molar-refractivity contribution in [3.63, 3.8) is 0 Å². The van der Waals surface area contributed by atoms with E-state index in [2.05, 4.69) is 48.6 Å². The molecule has 0 bridgehead atoms. The van der Waals surface area contributed by atoms with Gasteiger partial charge in [0.05, 0.1) is 11.7 Å². The van der Waals surface area contributed by atoms with E-state index in [1.807, 2.05) is 18.7 Å². The van der Waals surface area contributed by atoms with Crippen LogP contribution in [0.15, 0.2) is 24.3 Å². The SMILES string of the molecule is Cc1cc(CC(NN)c2cccc(C)c2C)n(C)n1. The lowest BCUT2D eigenvalue weighted by Crippen LogP contribution is -2.30. The van der Waals surface area contributed by atoms with Gasteiger partial charge in [0.2, 0.25) is 0 Å². The maximum atomic E-state index is 5.75. The summed E-state index contributed by atoms with van der Waals surface area (Å²) in [7, 11) is 1.97. The van der Waals surface area contributed by atoms with Crippen LogP contribution in [0, 0.1) is 20.8 Å². The fourth-order valence-electron chi connectivity index (χ4n) is 2.47. The first kappa shape index (κ1) is 13.8. The van der Waals surface area contributed by atoms with Gasteiger partial charge in [-0.05, 0) is 43.5 Å². The highest BCUT2D eigenvalue weighted by molar-refractivity contribution is 5.36. The third-order valence-corrected chi connectivity index (χ3v) is 3.74. The van der Waals surface area contributed by atoms with Crippen molar-refractivity contribution in [3.05, 3.63) is 52.3 Å². The Kier molecular flexibility index (Phi) is 4.02. The summed E-state index contributed by atoms with van der Waals surface area (Å²) in [5.74, 6) is 5.75. The normalized spacial score (nSPS) is 12.7. The number of aromatic nitrogens is 2. The van der Waals surface area contributed by atoms with Crippen LogP contribution in [-0.4, -0.2) is 9.78 Å². The van der Waals surface area contributed by atoms with Crippen molar-refractivity contribution in [2.75, 3.05) is 0 Å². The first-order chi connectivity index (χ1) is 9.02. The van der Waals surface area contributed by atoms with Crippen molar-refractivity contribution in [1.29, 1.82) is 0 Å². The maximum Gasteiger partial charge on any atom is 0.0596 e. The summed E-state index contributed by atoms with van der Waals surface area (Å²) in [6.45, 7) is 6.27. The first-order valence-corrected chi connectivity index (χ1v) is 6.54. The molecule has 1 heterocycles. The second-order valence-electron chi connectivity index (χ2n) is 5.11. The molecule has 0 aliphatic carbocycles. The maximum absolute atomic E-state index is 5.75. The van der Waals surface area contributed by atoms with Crippen molar-refractivity contribution < 1.29 is 0 Å². The lowest BCUT2D eigenvalue weighted by molar-refractivity contribution is 0.527. The summed E-state index contributed by atoms with van der Waals surface area (Å²) in [6.07, 6.45) is 0.831. The average Bonchev–Trinajstić information content (AvgIpc) is 2.68. The van der Waals surface area contributed by atoms with Gasteiger partial charge in [0.25, 0.3) is 0 Å². The Morgan fingerprint density at radius 3 is 2.63 bits per heavy atom. The van der Waals surface area contributed by atoms with Gasteiger partial charge < -0.3 is 0 Å². The molecule has 2 aromatic rings. The zero-order valence-corrected chi connectivity index (χ0v) is 12.1. The number of nitrogens with zero attached hydrogens (tertiary/aromatic N) is 2. The van der Waals surface area contributed by atoms with E-state index in [-0.39, 0.29) is 6.04 Å². The molecular weight excluding hydrogens is 236 g/mol. The molecule has 0 amide bonds. The van der Waals surface area contributed by atoms with Crippen molar-refractivity contribution in [2.45, 2.75) is 33.2 Å². The number of hydrogen-bond donors (Lipinski definition) is 2. The van der Waals surface area contributed by atoms with Gasteiger partial charge in [0, 0.05) is 19.2 Å². The van der Waals surface area contributed by atoms with Crippen LogP contribution in [0.25, 0.3) is 0 Å². The molecule has 4 nitrogen and oxygen atoms in total. The van der Waals surface area contributed by atoms with Gasteiger partial charge in [-0.2, -0.15) is 5.10 Å². The first-order valence-electron chi connectivity index (χ1n) is 6.54. The smallest absolute Gasteiger partial charge is 0.0596 e. The highest BCUT2D eigenvalue weighted by Gasteiger charge is 2.16.